The van der Waals surface area contributed by atoms with Crippen LogP contribution in [0.3, 0.4) is 0 Å². The number of rotatable bonds is 5. The third-order valence-electron chi connectivity index (χ3n) is 5.02. The number of hydrogen-bond donors (Lipinski definition) is 1. The highest BCUT2D eigenvalue weighted by molar-refractivity contribution is 9.10. The van der Waals surface area contributed by atoms with Gasteiger partial charge in [-0.05, 0) is 54.0 Å². The van der Waals surface area contributed by atoms with Crippen LogP contribution in [0.1, 0.15) is 50.9 Å². The third kappa shape index (κ3) is 3.35. The maximum absolute atomic E-state index is 10.8. The Kier molecular flexibility index (Phi) is 5.49. The molecule has 0 spiro atoms. The molecule has 1 unspecified atom stereocenters. The van der Waals surface area contributed by atoms with Gasteiger partial charge in [-0.1, -0.05) is 13.8 Å². The number of hydrogen-bond acceptors (Lipinski definition) is 3. The molecule has 120 valence electrons. The second-order valence-corrected chi connectivity index (χ2v) is 7.15. The van der Waals surface area contributed by atoms with E-state index in [4.69, 9.17) is 4.74 Å². The zero-order chi connectivity index (χ0) is 15.6. The van der Waals surface area contributed by atoms with Gasteiger partial charge < -0.3 is 9.84 Å². The summed E-state index contributed by atoms with van der Waals surface area (Å²) in [6.07, 6.45) is 5.08. The van der Waals surface area contributed by atoms with Gasteiger partial charge in [-0.3, -0.25) is 4.68 Å². The van der Waals surface area contributed by atoms with E-state index in [-0.39, 0.29) is 0 Å². The lowest BCUT2D eigenvalue weighted by atomic mass is 9.75. The Hall–Kier alpha value is -0.390. The van der Waals surface area contributed by atoms with Crippen LogP contribution in [0, 0.1) is 5.92 Å². The van der Waals surface area contributed by atoms with Gasteiger partial charge >= 0.3 is 0 Å². The molecule has 1 fully saturated rings. The van der Waals surface area contributed by atoms with Crippen LogP contribution in [0.2, 0.25) is 0 Å². The molecular formula is C16H27BrN2O2. The van der Waals surface area contributed by atoms with E-state index in [0.29, 0.717) is 6.42 Å². The number of methoxy groups -OCH3 is 1. The maximum Gasteiger partial charge on any atom is 0.0940 e. The highest BCUT2D eigenvalue weighted by atomic mass is 79.9. The van der Waals surface area contributed by atoms with Crippen molar-refractivity contribution in [3.8, 4) is 0 Å². The van der Waals surface area contributed by atoms with E-state index in [1.807, 2.05) is 11.7 Å². The Morgan fingerprint density at radius 1 is 1.48 bits per heavy atom. The van der Waals surface area contributed by atoms with E-state index in [2.05, 4.69) is 34.9 Å². The van der Waals surface area contributed by atoms with E-state index in [9.17, 15) is 5.11 Å². The number of ether oxygens (including phenoxy) is 1. The van der Waals surface area contributed by atoms with Gasteiger partial charge in [0.15, 0.2) is 0 Å². The molecule has 21 heavy (non-hydrogen) atoms. The number of aryl methyl sites for hydroxylation is 2. The van der Waals surface area contributed by atoms with Crippen LogP contribution >= 0.6 is 15.9 Å². The summed E-state index contributed by atoms with van der Waals surface area (Å²) in [6.45, 7) is 4.36. The Balaban J connectivity index is 2.16. The smallest absolute Gasteiger partial charge is 0.0940 e. The Labute approximate surface area is 136 Å². The number of nitrogens with zero attached hydrogens (tertiary/aromatic N) is 2. The van der Waals surface area contributed by atoms with Gasteiger partial charge in [0.05, 0.1) is 27.6 Å². The summed E-state index contributed by atoms with van der Waals surface area (Å²) in [4.78, 5) is 0. The van der Waals surface area contributed by atoms with Crippen LogP contribution in [0.25, 0.3) is 0 Å². The number of halogens is 1. The number of aliphatic hydroxyl groups is 1. The zero-order valence-corrected chi connectivity index (χ0v) is 15.1. The van der Waals surface area contributed by atoms with Gasteiger partial charge in [0.25, 0.3) is 0 Å². The fourth-order valence-electron chi connectivity index (χ4n) is 3.33. The van der Waals surface area contributed by atoms with Crippen molar-refractivity contribution >= 4 is 15.9 Å². The lowest BCUT2D eigenvalue weighted by molar-refractivity contribution is -0.127. The van der Waals surface area contributed by atoms with Crippen molar-refractivity contribution in [1.29, 1.82) is 0 Å². The zero-order valence-electron chi connectivity index (χ0n) is 13.5. The first-order valence-electron chi connectivity index (χ1n) is 7.87. The number of aliphatic hydroxyl groups excluding tert-OH is 1. The van der Waals surface area contributed by atoms with E-state index in [0.717, 1.165) is 53.9 Å². The Morgan fingerprint density at radius 3 is 2.57 bits per heavy atom. The predicted octanol–water partition coefficient (Wildman–Crippen LogP) is 3.24. The normalized spacial score (nSPS) is 27.8. The van der Waals surface area contributed by atoms with E-state index < -0.39 is 11.7 Å². The summed E-state index contributed by atoms with van der Waals surface area (Å²) in [5.74, 6) is 0.732. The average molecular weight is 359 g/mol. The standard InChI is InChI=1S/C16H27BrN2O2/c1-5-12-15(17)13(19(3)18-12)10-14(20)16(21-4)8-6-11(2)7-9-16/h11,14,20H,5-10H2,1-4H3. The largest absolute Gasteiger partial charge is 0.390 e. The molecule has 2 rings (SSSR count). The van der Waals surface area contributed by atoms with Crippen molar-refractivity contribution < 1.29 is 9.84 Å². The van der Waals surface area contributed by atoms with Crippen LogP contribution in [0.4, 0.5) is 0 Å². The van der Waals surface area contributed by atoms with Gasteiger partial charge in [0.2, 0.25) is 0 Å². The predicted molar refractivity (Wildman–Crippen MR) is 87.4 cm³/mol. The van der Waals surface area contributed by atoms with Gasteiger partial charge in [-0.15, -0.1) is 0 Å². The molecule has 1 heterocycles. The lowest BCUT2D eigenvalue weighted by Gasteiger charge is -2.41. The summed E-state index contributed by atoms with van der Waals surface area (Å²) in [5, 5.41) is 15.3. The second-order valence-electron chi connectivity index (χ2n) is 6.36. The van der Waals surface area contributed by atoms with Crippen LogP contribution in [-0.4, -0.2) is 33.7 Å². The summed E-state index contributed by atoms with van der Waals surface area (Å²) < 4.78 is 8.68. The molecule has 0 saturated heterocycles. The van der Waals surface area contributed by atoms with Crippen molar-refractivity contribution in [2.24, 2.45) is 13.0 Å². The minimum Gasteiger partial charge on any atom is -0.390 e. The molecule has 0 bridgehead atoms. The topological polar surface area (TPSA) is 47.3 Å². The van der Waals surface area contributed by atoms with Crippen molar-refractivity contribution in [3.05, 3.63) is 15.9 Å². The summed E-state index contributed by atoms with van der Waals surface area (Å²) in [7, 11) is 3.67. The van der Waals surface area contributed by atoms with Crippen molar-refractivity contribution in [3.63, 3.8) is 0 Å². The minimum absolute atomic E-state index is 0.400. The molecule has 1 aromatic rings. The molecule has 4 nitrogen and oxygen atoms in total. The maximum atomic E-state index is 10.8. The van der Waals surface area contributed by atoms with E-state index in [1.54, 1.807) is 7.11 Å². The van der Waals surface area contributed by atoms with Crippen LogP contribution in [0.5, 0.6) is 0 Å². The van der Waals surface area contributed by atoms with Crippen LogP contribution in [0.15, 0.2) is 4.47 Å². The molecule has 1 saturated carbocycles. The Morgan fingerprint density at radius 2 is 2.10 bits per heavy atom. The summed E-state index contributed by atoms with van der Waals surface area (Å²) in [6, 6.07) is 0. The summed E-state index contributed by atoms with van der Waals surface area (Å²) >= 11 is 3.63. The molecule has 1 aromatic heterocycles. The first-order valence-corrected chi connectivity index (χ1v) is 8.66. The molecular weight excluding hydrogens is 332 g/mol. The fraction of sp³-hybridized carbons (Fsp3) is 0.812. The van der Waals surface area contributed by atoms with Crippen LogP contribution < -0.4 is 0 Å². The second kappa shape index (κ2) is 6.80. The third-order valence-corrected chi connectivity index (χ3v) is 5.94. The van der Waals surface area contributed by atoms with Crippen molar-refractivity contribution in [2.75, 3.05) is 7.11 Å². The SMILES string of the molecule is CCc1nn(C)c(CC(O)C2(OC)CCC(C)CC2)c1Br. The monoisotopic (exact) mass is 358 g/mol. The fourth-order valence-corrected chi connectivity index (χ4v) is 4.11. The van der Waals surface area contributed by atoms with E-state index in [1.165, 1.54) is 0 Å². The lowest BCUT2D eigenvalue weighted by Crippen LogP contribution is -2.48. The molecule has 1 N–H and O–H groups in total. The molecule has 1 aliphatic carbocycles. The van der Waals surface area contributed by atoms with Gasteiger partial charge in [0, 0.05) is 20.6 Å². The van der Waals surface area contributed by atoms with Crippen molar-refractivity contribution in [2.45, 2.75) is 64.1 Å². The molecule has 1 aliphatic rings. The van der Waals surface area contributed by atoms with Crippen LogP contribution in [-0.2, 0) is 24.6 Å². The average Bonchev–Trinajstić information content (AvgIpc) is 2.75. The van der Waals surface area contributed by atoms with Gasteiger partial charge in [-0.2, -0.15) is 5.10 Å². The highest BCUT2D eigenvalue weighted by Gasteiger charge is 2.41. The first-order chi connectivity index (χ1) is 9.93. The highest BCUT2D eigenvalue weighted by Crippen LogP contribution is 2.38. The molecule has 0 amide bonds. The molecule has 0 radical (unpaired) electrons. The first kappa shape index (κ1) is 17.0. The van der Waals surface area contributed by atoms with Gasteiger partial charge in [-0.25, -0.2) is 0 Å². The Bertz CT molecular complexity index is 479. The quantitative estimate of drug-likeness (QED) is 0.878. The minimum atomic E-state index is -0.494. The molecule has 0 aromatic carbocycles. The van der Waals surface area contributed by atoms with Crippen molar-refractivity contribution in [1.82, 2.24) is 9.78 Å². The number of aromatic nitrogens is 2. The van der Waals surface area contributed by atoms with Gasteiger partial charge in [0.1, 0.15) is 0 Å². The molecule has 1 atom stereocenters. The molecule has 5 heteroatoms. The van der Waals surface area contributed by atoms with E-state index >= 15 is 0 Å². The summed E-state index contributed by atoms with van der Waals surface area (Å²) in [5.41, 5.74) is 1.70. The molecule has 0 aliphatic heterocycles.